The number of rotatable bonds is 15. The molecule has 3 aromatic rings. The molecule has 1 N–H and O–H groups in total. The molecule has 0 spiro atoms. The molecule has 0 saturated heterocycles. The Labute approximate surface area is 234 Å². The Morgan fingerprint density at radius 2 is 1.62 bits per heavy atom. The number of ether oxygens (including phenoxy) is 4. The topological polar surface area (TPSA) is 89.6 Å². The normalized spacial score (nSPS) is 10.6. The van der Waals surface area contributed by atoms with E-state index >= 15 is 0 Å². The largest absolute Gasteiger partial charge is 0.495 e. The lowest BCUT2D eigenvalue weighted by molar-refractivity contribution is -0.132. The fourth-order valence-corrected chi connectivity index (χ4v) is 4.76. The maximum Gasteiger partial charge on any atom is 0.322 e. The first-order valence-electron chi connectivity index (χ1n) is 12.7. The molecule has 0 aliphatic carbocycles. The summed E-state index contributed by atoms with van der Waals surface area (Å²) in [6.45, 7) is 1.71. The molecule has 210 valence electrons. The predicted octanol–water partition coefficient (Wildman–Crippen LogP) is 4.92. The van der Waals surface area contributed by atoms with Gasteiger partial charge >= 0.3 is 6.03 Å². The summed E-state index contributed by atoms with van der Waals surface area (Å²) < 4.78 is 21.3. The van der Waals surface area contributed by atoms with E-state index in [1.807, 2.05) is 47.8 Å². The van der Waals surface area contributed by atoms with Crippen molar-refractivity contribution in [3.8, 4) is 17.2 Å². The smallest absolute Gasteiger partial charge is 0.322 e. The number of para-hydroxylation sites is 2. The third kappa shape index (κ3) is 8.90. The van der Waals surface area contributed by atoms with Gasteiger partial charge in [0.05, 0.1) is 33.6 Å². The Balaban J connectivity index is 1.75. The zero-order valence-corrected chi connectivity index (χ0v) is 23.8. The van der Waals surface area contributed by atoms with E-state index in [0.717, 1.165) is 10.4 Å². The molecule has 2 aromatic carbocycles. The summed E-state index contributed by atoms with van der Waals surface area (Å²) in [6, 6.07) is 16.5. The molecule has 1 aromatic heterocycles. The fourth-order valence-electron chi connectivity index (χ4n) is 4.04. The maximum absolute atomic E-state index is 13.6. The number of hydrogen-bond donors (Lipinski definition) is 1. The zero-order valence-electron chi connectivity index (χ0n) is 23.0. The molecule has 0 atom stereocenters. The Kier molecular flexibility index (Phi) is 11.9. The van der Waals surface area contributed by atoms with E-state index in [4.69, 9.17) is 18.9 Å². The second kappa shape index (κ2) is 15.6. The van der Waals surface area contributed by atoms with Gasteiger partial charge in [-0.1, -0.05) is 24.3 Å². The van der Waals surface area contributed by atoms with Crippen molar-refractivity contribution in [2.24, 2.45) is 0 Å². The van der Waals surface area contributed by atoms with E-state index in [9.17, 15) is 9.59 Å². The van der Waals surface area contributed by atoms with Crippen LogP contribution in [-0.2, 0) is 22.5 Å². The fraction of sp³-hybridized carbons (Fsp3) is 0.379. The number of anilines is 1. The molecule has 0 saturated carbocycles. The average molecular weight is 556 g/mol. The Hall–Kier alpha value is -3.76. The molecule has 0 aliphatic heterocycles. The van der Waals surface area contributed by atoms with E-state index < -0.39 is 0 Å². The molecule has 1 heterocycles. The van der Waals surface area contributed by atoms with Crippen LogP contribution in [0.3, 0.4) is 0 Å². The number of amides is 3. The second-order valence-electron chi connectivity index (χ2n) is 8.73. The second-order valence-corrected chi connectivity index (χ2v) is 9.76. The van der Waals surface area contributed by atoms with Crippen molar-refractivity contribution in [2.75, 3.05) is 60.0 Å². The van der Waals surface area contributed by atoms with Crippen molar-refractivity contribution >= 4 is 29.0 Å². The van der Waals surface area contributed by atoms with Gasteiger partial charge in [0.2, 0.25) is 5.91 Å². The van der Waals surface area contributed by atoms with E-state index in [0.29, 0.717) is 62.0 Å². The molecular formula is C29H37N3O6S. The van der Waals surface area contributed by atoms with Gasteiger partial charge in [0.15, 0.2) is 11.5 Å². The highest BCUT2D eigenvalue weighted by atomic mass is 32.1. The van der Waals surface area contributed by atoms with Gasteiger partial charge in [-0.25, -0.2) is 4.79 Å². The van der Waals surface area contributed by atoms with Gasteiger partial charge in [-0.15, -0.1) is 11.3 Å². The van der Waals surface area contributed by atoms with Crippen LogP contribution in [-0.4, -0.2) is 76.4 Å². The number of urea groups is 1. The minimum Gasteiger partial charge on any atom is -0.495 e. The van der Waals surface area contributed by atoms with Crippen molar-refractivity contribution < 1.29 is 28.5 Å². The van der Waals surface area contributed by atoms with Crippen LogP contribution in [0.5, 0.6) is 17.2 Å². The lowest BCUT2D eigenvalue weighted by atomic mass is 10.1. The van der Waals surface area contributed by atoms with Gasteiger partial charge in [-0.2, -0.15) is 0 Å². The highest BCUT2D eigenvalue weighted by Gasteiger charge is 2.23. The van der Waals surface area contributed by atoms with Gasteiger partial charge < -0.3 is 34.1 Å². The van der Waals surface area contributed by atoms with Gasteiger partial charge in [0.1, 0.15) is 12.3 Å². The number of methoxy groups -OCH3 is 4. The maximum atomic E-state index is 13.6. The summed E-state index contributed by atoms with van der Waals surface area (Å²) in [5, 5.41) is 4.88. The SMILES string of the molecule is COCCCN(CC(=O)N(CCc1ccc(OC)c(OC)c1)Cc1cccs1)C(=O)Nc1ccccc1OC. The average Bonchev–Trinajstić information content (AvgIpc) is 3.48. The standard InChI is InChI=1S/C29H37N3O6S/c1-35-17-8-15-32(29(34)30-24-10-5-6-11-25(24)36-2)21-28(33)31(20-23-9-7-18-39-23)16-14-22-12-13-26(37-3)27(19-22)38-4/h5-7,9-13,18-19H,8,14-17,20-21H2,1-4H3,(H,30,34). The Bertz CT molecular complexity index is 1190. The minimum atomic E-state index is -0.375. The Morgan fingerprint density at radius 3 is 2.31 bits per heavy atom. The predicted molar refractivity (Wildman–Crippen MR) is 153 cm³/mol. The summed E-state index contributed by atoms with van der Waals surface area (Å²) in [4.78, 5) is 31.3. The van der Waals surface area contributed by atoms with Gasteiger partial charge in [0, 0.05) is 31.7 Å². The Morgan fingerprint density at radius 1 is 0.846 bits per heavy atom. The molecule has 10 heteroatoms. The van der Waals surface area contributed by atoms with Crippen molar-refractivity contribution in [2.45, 2.75) is 19.4 Å². The molecule has 0 bridgehead atoms. The van der Waals surface area contributed by atoms with E-state index in [1.54, 1.807) is 56.8 Å². The third-order valence-electron chi connectivity index (χ3n) is 6.14. The highest BCUT2D eigenvalue weighted by molar-refractivity contribution is 7.09. The lowest BCUT2D eigenvalue weighted by Gasteiger charge is -2.28. The zero-order chi connectivity index (χ0) is 28.0. The molecule has 3 rings (SSSR count). The summed E-state index contributed by atoms with van der Waals surface area (Å²) in [5.41, 5.74) is 1.56. The first kappa shape index (κ1) is 29.8. The first-order chi connectivity index (χ1) is 19.0. The quantitative estimate of drug-likeness (QED) is 0.268. The van der Waals surface area contributed by atoms with Crippen molar-refractivity contribution in [1.82, 2.24) is 9.80 Å². The summed E-state index contributed by atoms with van der Waals surface area (Å²) in [5.74, 6) is 1.70. The van der Waals surface area contributed by atoms with Crippen LogP contribution in [0.2, 0.25) is 0 Å². The van der Waals surface area contributed by atoms with Crippen molar-refractivity contribution in [1.29, 1.82) is 0 Å². The lowest BCUT2D eigenvalue weighted by Crippen LogP contribution is -2.45. The van der Waals surface area contributed by atoms with Crippen molar-refractivity contribution in [3.05, 3.63) is 70.4 Å². The van der Waals surface area contributed by atoms with Crippen molar-refractivity contribution in [3.63, 3.8) is 0 Å². The number of nitrogens with zero attached hydrogens (tertiary/aromatic N) is 2. The third-order valence-corrected chi connectivity index (χ3v) is 7.00. The monoisotopic (exact) mass is 555 g/mol. The summed E-state index contributed by atoms with van der Waals surface area (Å²) >= 11 is 1.60. The van der Waals surface area contributed by atoms with Gasteiger partial charge in [-0.3, -0.25) is 4.79 Å². The first-order valence-corrected chi connectivity index (χ1v) is 13.6. The molecule has 0 unspecified atom stereocenters. The van der Waals surface area contributed by atoms with Crippen LogP contribution >= 0.6 is 11.3 Å². The number of benzene rings is 2. The number of carbonyl (C=O) groups is 2. The van der Waals surface area contributed by atoms with Crippen LogP contribution in [0.4, 0.5) is 10.5 Å². The highest BCUT2D eigenvalue weighted by Crippen LogP contribution is 2.28. The molecule has 39 heavy (non-hydrogen) atoms. The van der Waals surface area contributed by atoms with E-state index in [1.165, 1.54) is 4.90 Å². The van der Waals surface area contributed by atoms with Crippen LogP contribution < -0.4 is 19.5 Å². The number of carbonyl (C=O) groups excluding carboxylic acids is 2. The molecule has 0 fully saturated rings. The number of thiophene rings is 1. The van der Waals surface area contributed by atoms with E-state index in [2.05, 4.69) is 5.32 Å². The summed E-state index contributed by atoms with van der Waals surface area (Å²) in [6.07, 6.45) is 1.22. The van der Waals surface area contributed by atoms with E-state index in [-0.39, 0.29) is 18.5 Å². The van der Waals surface area contributed by atoms with Gasteiger partial charge in [-0.05, 0) is 54.1 Å². The van der Waals surface area contributed by atoms with Gasteiger partial charge in [0.25, 0.3) is 0 Å². The number of hydrogen-bond acceptors (Lipinski definition) is 7. The number of nitrogens with one attached hydrogen (secondary N) is 1. The summed E-state index contributed by atoms with van der Waals surface area (Å²) in [7, 11) is 6.36. The molecule has 9 nitrogen and oxygen atoms in total. The molecule has 0 radical (unpaired) electrons. The van der Waals surface area contributed by atoms with Crippen LogP contribution in [0.1, 0.15) is 16.9 Å². The molecule has 3 amide bonds. The van der Waals surface area contributed by atoms with Crippen LogP contribution in [0.25, 0.3) is 0 Å². The van der Waals surface area contributed by atoms with Crippen LogP contribution in [0.15, 0.2) is 60.0 Å². The molecular weight excluding hydrogens is 518 g/mol. The minimum absolute atomic E-state index is 0.0675. The van der Waals surface area contributed by atoms with Crippen LogP contribution in [0, 0.1) is 0 Å². The molecule has 0 aliphatic rings.